The molecule has 0 fully saturated rings. The van der Waals surface area contributed by atoms with E-state index < -0.39 is 0 Å². The maximum absolute atomic E-state index is 13.8. The molecule has 0 amide bonds. The lowest BCUT2D eigenvalue weighted by atomic mass is 10.2. The standard InChI is InChI=1S/C13H20FNO2S/c1-10(9-16)18-13-11(4-3-5-12(13)14)8-15-6-7-17-2/h3-5,10,15-16H,6-9H2,1-2H3. The molecule has 2 N–H and O–H groups in total. The average molecular weight is 273 g/mol. The van der Waals surface area contributed by atoms with Gasteiger partial charge in [0.1, 0.15) is 5.82 Å². The summed E-state index contributed by atoms with van der Waals surface area (Å²) in [7, 11) is 1.65. The number of nitrogens with one attached hydrogen (secondary N) is 1. The van der Waals surface area contributed by atoms with E-state index in [1.54, 1.807) is 13.2 Å². The van der Waals surface area contributed by atoms with Gasteiger partial charge in [-0.25, -0.2) is 4.39 Å². The SMILES string of the molecule is COCCNCc1cccc(F)c1SC(C)CO. The number of hydrogen-bond donors (Lipinski definition) is 2. The van der Waals surface area contributed by atoms with E-state index in [1.165, 1.54) is 17.8 Å². The lowest BCUT2D eigenvalue weighted by Crippen LogP contribution is -2.19. The largest absolute Gasteiger partial charge is 0.395 e. The number of thioether (sulfide) groups is 1. The molecule has 0 aromatic heterocycles. The lowest BCUT2D eigenvalue weighted by Gasteiger charge is -2.14. The number of hydrogen-bond acceptors (Lipinski definition) is 4. The van der Waals surface area contributed by atoms with Crippen molar-refractivity contribution < 1.29 is 14.2 Å². The van der Waals surface area contributed by atoms with Crippen molar-refractivity contribution >= 4 is 11.8 Å². The molecule has 1 aromatic rings. The average Bonchev–Trinajstić information content (AvgIpc) is 2.38. The molecule has 0 radical (unpaired) electrons. The zero-order valence-electron chi connectivity index (χ0n) is 10.8. The minimum Gasteiger partial charge on any atom is -0.395 e. The highest BCUT2D eigenvalue weighted by molar-refractivity contribution is 8.00. The Balaban J connectivity index is 2.67. The van der Waals surface area contributed by atoms with Gasteiger partial charge in [0.25, 0.3) is 0 Å². The van der Waals surface area contributed by atoms with Gasteiger partial charge in [-0.05, 0) is 11.6 Å². The van der Waals surface area contributed by atoms with Gasteiger partial charge in [-0.2, -0.15) is 0 Å². The third kappa shape index (κ3) is 4.94. The van der Waals surface area contributed by atoms with E-state index in [1.807, 2.05) is 13.0 Å². The summed E-state index contributed by atoms with van der Waals surface area (Å²) in [5.74, 6) is -0.230. The normalized spacial score (nSPS) is 12.7. The summed E-state index contributed by atoms with van der Waals surface area (Å²) < 4.78 is 18.7. The first-order valence-corrected chi connectivity index (χ1v) is 6.81. The number of methoxy groups -OCH3 is 1. The Morgan fingerprint density at radius 1 is 1.50 bits per heavy atom. The predicted molar refractivity (Wildman–Crippen MR) is 72.4 cm³/mol. The Bertz CT molecular complexity index is 363. The third-order valence-corrected chi connectivity index (χ3v) is 3.67. The second kappa shape index (κ2) is 8.48. The van der Waals surface area contributed by atoms with Crippen molar-refractivity contribution in [2.24, 2.45) is 0 Å². The summed E-state index contributed by atoms with van der Waals surface area (Å²) in [6.07, 6.45) is 0. The summed E-state index contributed by atoms with van der Waals surface area (Å²) >= 11 is 1.36. The van der Waals surface area contributed by atoms with Crippen molar-refractivity contribution in [3.63, 3.8) is 0 Å². The van der Waals surface area contributed by atoms with Gasteiger partial charge < -0.3 is 15.2 Å². The van der Waals surface area contributed by atoms with E-state index in [0.29, 0.717) is 18.0 Å². The zero-order valence-corrected chi connectivity index (χ0v) is 11.6. The van der Waals surface area contributed by atoms with Gasteiger partial charge in [0.2, 0.25) is 0 Å². The summed E-state index contributed by atoms with van der Waals surface area (Å²) in [6, 6.07) is 5.05. The van der Waals surface area contributed by atoms with Crippen molar-refractivity contribution in [2.75, 3.05) is 26.9 Å². The molecule has 18 heavy (non-hydrogen) atoms. The van der Waals surface area contributed by atoms with Crippen LogP contribution in [0.2, 0.25) is 0 Å². The molecule has 5 heteroatoms. The Labute approximate surface area is 112 Å². The number of halogens is 1. The van der Waals surface area contributed by atoms with Crippen LogP contribution in [0.1, 0.15) is 12.5 Å². The van der Waals surface area contributed by atoms with Crippen molar-refractivity contribution in [1.82, 2.24) is 5.32 Å². The highest BCUT2D eigenvalue weighted by Crippen LogP contribution is 2.29. The molecular weight excluding hydrogens is 253 g/mol. The summed E-state index contributed by atoms with van der Waals surface area (Å²) in [5, 5.41) is 12.2. The topological polar surface area (TPSA) is 41.5 Å². The summed E-state index contributed by atoms with van der Waals surface area (Å²) in [4.78, 5) is 0.615. The van der Waals surface area contributed by atoms with Crippen LogP contribution in [0.5, 0.6) is 0 Å². The highest BCUT2D eigenvalue weighted by atomic mass is 32.2. The van der Waals surface area contributed by atoms with Crippen molar-refractivity contribution in [3.05, 3.63) is 29.6 Å². The quantitative estimate of drug-likeness (QED) is 0.562. The first kappa shape index (κ1) is 15.4. The van der Waals surface area contributed by atoms with Gasteiger partial charge in [-0.15, -0.1) is 11.8 Å². The number of aliphatic hydroxyl groups is 1. The fourth-order valence-electron chi connectivity index (χ4n) is 1.46. The van der Waals surface area contributed by atoms with Gasteiger partial charge in [-0.1, -0.05) is 19.1 Å². The van der Waals surface area contributed by atoms with E-state index in [2.05, 4.69) is 5.32 Å². The van der Waals surface area contributed by atoms with Crippen LogP contribution in [0.25, 0.3) is 0 Å². The Hall–Kier alpha value is -0.620. The third-order valence-electron chi connectivity index (χ3n) is 2.42. The Morgan fingerprint density at radius 2 is 2.28 bits per heavy atom. The molecule has 0 spiro atoms. The van der Waals surface area contributed by atoms with Crippen LogP contribution in [0.4, 0.5) is 4.39 Å². The van der Waals surface area contributed by atoms with Gasteiger partial charge in [-0.3, -0.25) is 0 Å². The van der Waals surface area contributed by atoms with Crippen molar-refractivity contribution in [1.29, 1.82) is 0 Å². The highest BCUT2D eigenvalue weighted by Gasteiger charge is 2.12. The molecule has 102 valence electrons. The van der Waals surface area contributed by atoms with Gasteiger partial charge in [0.05, 0.1) is 13.2 Å². The molecule has 0 bridgehead atoms. The molecule has 1 atom stereocenters. The van der Waals surface area contributed by atoms with Crippen LogP contribution in [0, 0.1) is 5.82 Å². The minimum absolute atomic E-state index is 0.0142. The molecule has 0 saturated carbocycles. The second-order valence-electron chi connectivity index (χ2n) is 4.01. The second-order valence-corrected chi connectivity index (χ2v) is 5.46. The molecule has 0 heterocycles. The molecule has 0 saturated heterocycles. The molecule has 3 nitrogen and oxygen atoms in total. The molecular formula is C13H20FNO2S. The first-order chi connectivity index (χ1) is 8.69. The van der Waals surface area contributed by atoms with Crippen LogP contribution >= 0.6 is 11.8 Å². The van der Waals surface area contributed by atoms with Crippen LogP contribution in [0.3, 0.4) is 0 Å². The first-order valence-electron chi connectivity index (χ1n) is 5.93. The number of rotatable bonds is 8. The Morgan fingerprint density at radius 3 is 2.94 bits per heavy atom. The maximum atomic E-state index is 13.8. The Kier molecular flexibility index (Phi) is 7.27. The molecule has 1 aromatic carbocycles. The minimum atomic E-state index is -0.230. The zero-order chi connectivity index (χ0) is 13.4. The van der Waals surface area contributed by atoms with E-state index in [-0.39, 0.29) is 17.7 Å². The number of aliphatic hydroxyl groups excluding tert-OH is 1. The fraction of sp³-hybridized carbons (Fsp3) is 0.538. The van der Waals surface area contributed by atoms with E-state index in [4.69, 9.17) is 9.84 Å². The van der Waals surface area contributed by atoms with E-state index in [0.717, 1.165) is 12.1 Å². The van der Waals surface area contributed by atoms with Crippen LogP contribution in [-0.2, 0) is 11.3 Å². The van der Waals surface area contributed by atoms with Crippen LogP contribution < -0.4 is 5.32 Å². The van der Waals surface area contributed by atoms with Crippen LogP contribution in [-0.4, -0.2) is 37.2 Å². The molecule has 1 rings (SSSR count). The van der Waals surface area contributed by atoms with Crippen molar-refractivity contribution in [3.8, 4) is 0 Å². The molecule has 1 unspecified atom stereocenters. The number of ether oxygens (including phenoxy) is 1. The van der Waals surface area contributed by atoms with Gasteiger partial charge in [0, 0.05) is 30.3 Å². The molecule has 0 aliphatic carbocycles. The summed E-state index contributed by atoms with van der Waals surface area (Å²) in [6.45, 7) is 3.87. The van der Waals surface area contributed by atoms with E-state index in [9.17, 15) is 4.39 Å². The molecule has 0 aliphatic heterocycles. The van der Waals surface area contributed by atoms with Crippen LogP contribution in [0.15, 0.2) is 23.1 Å². The monoisotopic (exact) mass is 273 g/mol. The smallest absolute Gasteiger partial charge is 0.137 e. The lowest BCUT2D eigenvalue weighted by molar-refractivity contribution is 0.199. The van der Waals surface area contributed by atoms with E-state index >= 15 is 0 Å². The number of benzene rings is 1. The molecule has 0 aliphatic rings. The maximum Gasteiger partial charge on any atom is 0.137 e. The summed E-state index contributed by atoms with van der Waals surface area (Å²) in [5.41, 5.74) is 0.913. The van der Waals surface area contributed by atoms with Gasteiger partial charge in [0.15, 0.2) is 0 Å². The fourth-order valence-corrected chi connectivity index (χ4v) is 2.41. The predicted octanol–water partition coefficient (Wildman–Crippen LogP) is 2.03. The van der Waals surface area contributed by atoms with Crippen molar-refractivity contribution in [2.45, 2.75) is 23.6 Å². The van der Waals surface area contributed by atoms with Gasteiger partial charge >= 0.3 is 0 Å².